The Morgan fingerprint density at radius 2 is 2.13 bits per heavy atom. The molecule has 2 heterocycles. The normalized spacial score (nSPS) is 31.4. The number of furan rings is 1. The molecule has 1 aliphatic heterocycles. The van der Waals surface area contributed by atoms with E-state index in [-0.39, 0.29) is 5.60 Å². The van der Waals surface area contributed by atoms with Gasteiger partial charge in [0.2, 0.25) is 0 Å². The maximum absolute atomic E-state index is 6.12. The van der Waals surface area contributed by atoms with E-state index in [0.717, 1.165) is 24.4 Å². The van der Waals surface area contributed by atoms with Gasteiger partial charge in [-0.05, 0) is 44.7 Å². The van der Waals surface area contributed by atoms with E-state index in [9.17, 15) is 0 Å². The van der Waals surface area contributed by atoms with Gasteiger partial charge in [-0.25, -0.2) is 0 Å². The van der Waals surface area contributed by atoms with E-state index in [1.165, 1.54) is 0 Å². The summed E-state index contributed by atoms with van der Waals surface area (Å²) in [6.45, 7) is 8.53. The molecule has 1 aromatic heterocycles. The highest BCUT2D eigenvalue weighted by Crippen LogP contribution is 2.41. The molecule has 2 nitrogen and oxygen atoms in total. The van der Waals surface area contributed by atoms with Gasteiger partial charge in [0.25, 0.3) is 0 Å². The van der Waals surface area contributed by atoms with Crippen molar-refractivity contribution in [3.8, 4) is 0 Å². The Labute approximate surface area is 91.6 Å². The molecular weight excluding hydrogens is 188 g/mol. The summed E-state index contributed by atoms with van der Waals surface area (Å²) in [6.07, 6.45) is 2.57. The van der Waals surface area contributed by atoms with E-state index in [2.05, 4.69) is 20.8 Å². The molecule has 0 spiro atoms. The Hall–Kier alpha value is -0.760. The highest BCUT2D eigenvalue weighted by molar-refractivity contribution is 5.14. The first-order valence-electron chi connectivity index (χ1n) is 5.76. The maximum atomic E-state index is 6.12. The molecule has 84 valence electrons. The van der Waals surface area contributed by atoms with E-state index >= 15 is 0 Å². The molecule has 0 aromatic carbocycles. The zero-order chi connectivity index (χ0) is 11.1. The predicted octanol–water partition coefficient (Wildman–Crippen LogP) is 3.64. The van der Waals surface area contributed by atoms with Crippen molar-refractivity contribution in [3.63, 3.8) is 0 Å². The van der Waals surface area contributed by atoms with Crippen LogP contribution >= 0.6 is 0 Å². The first-order valence-corrected chi connectivity index (χ1v) is 5.76. The highest BCUT2D eigenvalue weighted by atomic mass is 16.5. The molecule has 0 bridgehead atoms. The van der Waals surface area contributed by atoms with Gasteiger partial charge in [0.15, 0.2) is 0 Å². The third-order valence-corrected chi connectivity index (χ3v) is 3.32. The Morgan fingerprint density at radius 3 is 2.60 bits per heavy atom. The summed E-state index contributed by atoms with van der Waals surface area (Å²) in [7, 11) is 0. The lowest BCUT2D eigenvalue weighted by Gasteiger charge is -2.24. The monoisotopic (exact) mass is 208 g/mol. The van der Waals surface area contributed by atoms with Crippen LogP contribution in [0.4, 0.5) is 0 Å². The largest absolute Gasteiger partial charge is 0.463 e. The Bertz CT molecular complexity index is 340. The second-order valence-electron chi connectivity index (χ2n) is 5.08. The number of rotatable bonds is 2. The second kappa shape index (κ2) is 3.67. The van der Waals surface area contributed by atoms with Crippen molar-refractivity contribution in [3.05, 3.63) is 23.7 Å². The molecule has 2 heteroatoms. The van der Waals surface area contributed by atoms with Crippen molar-refractivity contribution in [1.82, 2.24) is 0 Å². The zero-order valence-corrected chi connectivity index (χ0v) is 10.0. The van der Waals surface area contributed by atoms with Crippen LogP contribution < -0.4 is 0 Å². The van der Waals surface area contributed by atoms with Gasteiger partial charge in [0, 0.05) is 0 Å². The molecule has 0 radical (unpaired) electrons. The fourth-order valence-corrected chi connectivity index (χ4v) is 2.24. The van der Waals surface area contributed by atoms with Crippen LogP contribution in [0, 0.1) is 12.8 Å². The maximum Gasteiger partial charge on any atom is 0.135 e. The molecule has 1 saturated heterocycles. The first kappa shape index (κ1) is 10.7. The third-order valence-electron chi connectivity index (χ3n) is 3.32. The molecule has 2 atom stereocenters. The van der Waals surface area contributed by atoms with Crippen molar-refractivity contribution in [2.75, 3.05) is 0 Å². The van der Waals surface area contributed by atoms with Gasteiger partial charge in [-0.2, -0.15) is 0 Å². The summed E-state index contributed by atoms with van der Waals surface area (Å²) in [5, 5.41) is 0. The van der Waals surface area contributed by atoms with E-state index < -0.39 is 0 Å². The Balaban J connectivity index is 2.16. The molecule has 0 unspecified atom stereocenters. The molecule has 0 N–H and O–H groups in total. The van der Waals surface area contributed by atoms with Gasteiger partial charge in [-0.15, -0.1) is 0 Å². The van der Waals surface area contributed by atoms with Crippen molar-refractivity contribution >= 4 is 0 Å². The van der Waals surface area contributed by atoms with E-state index in [1.54, 1.807) is 0 Å². The molecular formula is C13H20O2. The van der Waals surface area contributed by atoms with Crippen LogP contribution in [0.15, 0.2) is 16.5 Å². The topological polar surface area (TPSA) is 22.4 Å². The molecule has 0 aliphatic carbocycles. The summed E-state index contributed by atoms with van der Waals surface area (Å²) < 4.78 is 11.8. The summed E-state index contributed by atoms with van der Waals surface area (Å²) in [4.78, 5) is 0. The third kappa shape index (κ3) is 1.96. The fraction of sp³-hybridized carbons (Fsp3) is 0.692. The smallest absolute Gasteiger partial charge is 0.135 e. The van der Waals surface area contributed by atoms with Crippen molar-refractivity contribution in [2.45, 2.75) is 52.2 Å². The van der Waals surface area contributed by atoms with Gasteiger partial charge in [-0.3, -0.25) is 0 Å². The standard InChI is InChI=1S/C13H20O2/c1-9(2)11-7-8-13(4,15-11)12-6-5-10(3)14-12/h5-6,9,11H,7-8H2,1-4H3/t11-,13+/m0/s1. The number of aryl methyl sites for hydroxylation is 1. The second-order valence-corrected chi connectivity index (χ2v) is 5.08. The van der Waals surface area contributed by atoms with E-state index in [4.69, 9.17) is 9.15 Å². The minimum absolute atomic E-state index is 0.205. The first-order chi connectivity index (χ1) is 7.01. The number of hydrogen-bond acceptors (Lipinski definition) is 2. The fourth-order valence-electron chi connectivity index (χ4n) is 2.24. The van der Waals surface area contributed by atoms with Gasteiger partial charge >= 0.3 is 0 Å². The summed E-state index contributed by atoms with van der Waals surface area (Å²) in [6, 6.07) is 4.05. The Kier molecular flexibility index (Phi) is 2.63. The molecule has 15 heavy (non-hydrogen) atoms. The van der Waals surface area contributed by atoms with Crippen LogP contribution in [0.3, 0.4) is 0 Å². The van der Waals surface area contributed by atoms with Gasteiger partial charge in [0.05, 0.1) is 6.10 Å². The lowest BCUT2D eigenvalue weighted by atomic mass is 9.97. The molecule has 1 aliphatic rings. The summed E-state index contributed by atoms with van der Waals surface area (Å²) in [5.41, 5.74) is -0.205. The number of hydrogen-bond donors (Lipinski definition) is 0. The van der Waals surface area contributed by atoms with Crippen LogP contribution in [0.1, 0.15) is 45.1 Å². The van der Waals surface area contributed by atoms with Crippen LogP contribution in [0.25, 0.3) is 0 Å². The minimum Gasteiger partial charge on any atom is -0.463 e. The molecule has 1 aromatic rings. The average molecular weight is 208 g/mol. The number of ether oxygens (including phenoxy) is 1. The Morgan fingerprint density at radius 1 is 1.40 bits per heavy atom. The molecule has 0 saturated carbocycles. The van der Waals surface area contributed by atoms with Crippen LogP contribution in [0.2, 0.25) is 0 Å². The predicted molar refractivity (Wildman–Crippen MR) is 59.7 cm³/mol. The summed E-state index contributed by atoms with van der Waals surface area (Å²) >= 11 is 0. The molecule has 1 fully saturated rings. The van der Waals surface area contributed by atoms with Gasteiger partial charge in [0.1, 0.15) is 17.1 Å². The average Bonchev–Trinajstić information content (AvgIpc) is 2.73. The lowest BCUT2D eigenvalue weighted by molar-refractivity contribution is -0.0621. The van der Waals surface area contributed by atoms with Crippen molar-refractivity contribution in [1.29, 1.82) is 0 Å². The van der Waals surface area contributed by atoms with Gasteiger partial charge < -0.3 is 9.15 Å². The lowest BCUT2D eigenvalue weighted by Crippen LogP contribution is -2.23. The van der Waals surface area contributed by atoms with Crippen molar-refractivity contribution < 1.29 is 9.15 Å². The molecule has 0 amide bonds. The highest BCUT2D eigenvalue weighted by Gasteiger charge is 2.40. The zero-order valence-electron chi connectivity index (χ0n) is 10.0. The van der Waals surface area contributed by atoms with Crippen LogP contribution in [0.5, 0.6) is 0 Å². The van der Waals surface area contributed by atoms with Crippen LogP contribution in [-0.4, -0.2) is 6.10 Å². The quantitative estimate of drug-likeness (QED) is 0.740. The summed E-state index contributed by atoms with van der Waals surface area (Å²) in [5.74, 6) is 2.52. The van der Waals surface area contributed by atoms with Gasteiger partial charge in [-0.1, -0.05) is 13.8 Å². The minimum atomic E-state index is -0.205. The van der Waals surface area contributed by atoms with Crippen LogP contribution in [-0.2, 0) is 10.3 Å². The SMILES string of the molecule is Cc1ccc([C@@]2(C)CC[C@@H](C(C)C)O2)o1. The van der Waals surface area contributed by atoms with E-state index in [0.29, 0.717) is 12.0 Å². The molecule has 2 rings (SSSR count). The van der Waals surface area contributed by atoms with Crippen molar-refractivity contribution in [2.24, 2.45) is 5.92 Å². The van der Waals surface area contributed by atoms with E-state index in [1.807, 2.05) is 19.1 Å².